The normalized spacial score (nSPS) is 44.0. The third-order valence-corrected chi connectivity index (χ3v) is 10.6. The van der Waals surface area contributed by atoms with Gasteiger partial charge in [-0.3, -0.25) is 4.79 Å². The Kier molecular flexibility index (Phi) is 5.66. The second-order valence-electron chi connectivity index (χ2n) is 12.5. The van der Waals surface area contributed by atoms with Crippen molar-refractivity contribution in [3.8, 4) is 5.75 Å². The molecule has 1 unspecified atom stereocenters. The van der Waals surface area contributed by atoms with E-state index in [0.29, 0.717) is 29.2 Å². The third kappa shape index (κ3) is 3.98. The molecule has 34 heavy (non-hydrogen) atoms. The monoisotopic (exact) mass is 478 g/mol. The largest absolute Gasteiger partial charge is 0.573 e. The third-order valence-electron chi connectivity index (χ3n) is 10.6. The number of ether oxygens (including phenoxy) is 1. The van der Waals surface area contributed by atoms with Crippen LogP contribution < -0.4 is 4.74 Å². The minimum absolute atomic E-state index is 0.0528. The molecule has 6 heteroatoms. The number of alkyl halides is 3. The molecule has 0 amide bonds. The average molecular weight is 479 g/mol. The van der Waals surface area contributed by atoms with Crippen LogP contribution in [0.5, 0.6) is 5.75 Å². The van der Waals surface area contributed by atoms with Gasteiger partial charge in [-0.2, -0.15) is 0 Å². The average Bonchev–Trinajstić information content (AvgIpc) is 3.10. The van der Waals surface area contributed by atoms with Gasteiger partial charge in [0.1, 0.15) is 5.75 Å². The topological polar surface area (TPSA) is 46.5 Å². The highest BCUT2D eigenvalue weighted by Gasteiger charge is 2.61. The van der Waals surface area contributed by atoms with Gasteiger partial charge in [-0.15, -0.1) is 13.2 Å². The Morgan fingerprint density at radius 2 is 1.59 bits per heavy atom. The summed E-state index contributed by atoms with van der Waals surface area (Å²) in [5.74, 6) is 2.08. The Labute approximate surface area is 200 Å². The Morgan fingerprint density at radius 1 is 0.912 bits per heavy atom. The van der Waals surface area contributed by atoms with Gasteiger partial charge in [-0.25, -0.2) is 0 Å². The molecule has 4 aliphatic carbocycles. The van der Waals surface area contributed by atoms with E-state index in [1.165, 1.54) is 37.1 Å². The quantitative estimate of drug-likeness (QED) is 0.468. The predicted molar refractivity (Wildman–Crippen MR) is 123 cm³/mol. The molecule has 0 aromatic heterocycles. The molecule has 3 nitrogen and oxygen atoms in total. The molecular formula is C28H37F3O3. The lowest BCUT2D eigenvalue weighted by Crippen LogP contribution is -2.55. The van der Waals surface area contributed by atoms with Gasteiger partial charge in [0, 0.05) is 11.5 Å². The van der Waals surface area contributed by atoms with Crippen molar-refractivity contribution in [1.82, 2.24) is 0 Å². The maximum absolute atomic E-state index is 13.5. The smallest absolute Gasteiger partial charge is 0.406 e. The van der Waals surface area contributed by atoms with Crippen LogP contribution in [0.1, 0.15) is 88.9 Å². The fourth-order valence-electron chi connectivity index (χ4n) is 8.88. The van der Waals surface area contributed by atoms with Gasteiger partial charge in [-0.1, -0.05) is 13.8 Å². The molecule has 0 radical (unpaired) electrons. The molecule has 0 saturated heterocycles. The lowest BCUT2D eigenvalue weighted by Gasteiger charge is -2.61. The van der Waals surface area contributed by atoms with Crippen LogP contribution in [0.15, 0.2) is 24.3 Å². The molecule has 0 spiro atoms. The summed E-state index contributed by atoms with van der Waals surface area (Å²) in [6.45, 7) is 6.75. The highest BCUT2D eigenvalue weighted by molar-refractivity contribution is 5.98. The van der Waals surface area contributed by atoms with Crippen LogP contribution in [0.2, 0.25) is 0 Å². The van der Waals surface area contributed by atoms with Gasteiger partial charge in [-0.05, 0) is 123 Å². The maximum atomic E-state index is 13.5. The summed E-state index contributed by atoms with van der Waals surface area (Å²) in [5, 5.41) is 10.7. The molecule has 4 fully saturated rings. The van der Waals surface area contributed by atoms with Crippen molar-refractivity contribution in [1.29, 1.82) is 0 Å². The molecule has 8 atom stereocenters. The lowest BCUT2D eigenvalue weighted by molar-refractivity contribution is -0.274. The fraction of sp³-hybridized carbons (Fsp3) is 0.750. The Morgan fingerprint density at radius 3 is 2.26 bits per heavy atom. The first-order valence-electron chi connectivity index (χ1n) is 12.9. The van der Waals surface area contributed by atoms with E-state index in [1.807, 2.05) is 6.92 Å². The predicted octanol–water partition coefficient (Wildman–Crippen LogP) is 7.18. The molecular weight excluding hydrogens is 441 g/mol. The van der Waals surface area contributed by atoms with E-state index in [-0.39, 0.29) is 28.3 Å². The molecule has 188 valence electrons. The zero-order valence-corrected chi connectivity index (χ0v) is 20.5. The number of hydrogen-bond acceptors (Lipinski definition) is 3. The van der Waals surface area contributed by atoms with E-state index in [1.54, 1.807) is 0 Å². The van der Waals surface area contributed by atoms with E-state index in [9.17, 15) is 23.1 Å². The number of benzene rings is 1. The van der Waals surface area contributed by atoms with E-state index in [0.717, 1.165) is 44.9 Å². The number of fused-ring (bicyclic) bond motifs is 5. The molecule has 1 N–H and O–H groups in total. The number of Topliss-reactive ketones (excluding diaryl/α,β-unsaturated/α-hetero) is 1. The fourth-order valence-corrected chi connectivity index (χ4v) is 8.88. The summed E-state index contributed by atoms with van der Waals surface area (Å²) in [4.78, 5) is 13.5. The first-order chi connectivity index (χ1) is 15.8. The van der Waals surface area contributed by atoms with Crippen molar-refractivity contribution in [3.63, 3.8) is 0 Å². The van der Waals surface area contributed by atoms with E-state index in [4.69, 9.17) is 0 Å². The van der Waals surface area contributed by atoms with Crippen molar-refractivity contribution in [3.05, 3.63) is 29.8 Å². The Hall–Kier alpha value is -1.56. The molecule has 0 aliphatic heterocycles. The van der Waals surface area contributed by atoms with Gasteiger partial charge in [0.15, 0.2) is 5.78 Å². The minimum atomic E-state index is -4.74. The van der Waals surface area contributed by atoms with Gasteiger partial charge in [0.05, 0.1) is 5.60 Å². The van der Waals surface area contributed by atoms with E-state index in [2.05, 4.69) is 18.6 Å². The number of rotatable bonds is 3. The molecule has 4 aliphatic rings. The van der Waals surface area contributed by atoms with Gasteiger partial charge in [0.2, 0.25) is 0 Å². The number of halogens is 3. The van der Waals surface area contributed by atoms with Crippen molar-refractivity contribution in [2.75, 3.05) is 0 Å². The van der Waals surface area contributed by atoms with Crippen LogP contribution in [0.3, 0.4) is 0 Å². The van der Waals surface area contributed by atoms with Crippen LogP contribution in [0.4, 0.5) is 13.2 Å². The van der Waals surface area contributed by atoms with Crippen molar-refractivity contribution >= 4 is 5.78 Å². The van der Waals surface area contributed by atoms with Crippen molar-refractivity contribution in [2.24, 2.45) is 40.4 Å². The maximum Gasteiger partial charge on any atom is 0.573 e. The molecule has 5 rings (SSSR count). The Balaban J connectivity index is 1.33. The number of carbonyl (C=O) groups excluding carboxylic acids is 1. The zero-order chi connectivity index (χ0) is 24.5. The standard InChI is InChI=1S/C28H37F3O3/c1-25(33)14-15-26(2)18(16-25)6-9-20-21-10-11-23(27(21,3)13-12-22(20)26)24(32)17-4-7-19(8-5-17)34-28(29,30)31/h4-5,7-8,18,20-23,33H,6,9-16H2,1-3H3/t18-,20-,21-,22-,23+,25+,26?,27-/m0/s1. The second kappa shape index (κ2) is 7.97. The van der Waals surface area contributed by atoms with Crippen molar-refractivity contribution in [2.45, 2.75) is 90.5 Å². The summed E-state index contributed by atoms with van der Waals surface area (Å²) in [6, 6.07) is 5.44. The highest BCUT2D eigenvalue weighted by Crippen LogP contribution is 2.68. The molecule has 0 bridgehead atoms. The molecule has 1 aromatic rings. The van der Waals surface area contributed by atoms with E-state index >= 15 is 0 Å². The van der Waals surface area contributed by atoms with Gasteiger partial charge < -0.3 is 9.84 Å². The highest BCUT2D eigenvalue weighted by atomic mass is 19.4. The van der Waals surface area contributed by atoms with Gasteiger partial charge >= 0.3 is 6.36 Å². The van der Waals surface area contributed by atoms with Crippen LogP contribution in [-0.2, 0) is 0 Å². The number of ketones is 1. The first kappa shape index (κ1) is 24.1. The molecule has 4 saturated carbocycles. The summed E-state index contributed by atoms with van der Waals surface area (Å²) >= 11 is 0. The van der Waals surface area contributed by atoms with Crippen LogP contribution in [0.25, 0.3) is 0 Å². The van der Waals surface area contributed by atoms with E-state index < -0.39 is 12.0 Å². The summed E-state index contributed by atoms with van der Waals surface area (Å²) in [6.07, 6.45) is 4.57. The number of aliphatic hydroxyl groups is 1. The minimum Gasteiger partial charge on any atom is -0.406 e. The summed E-state index contributed by atoms with van der Waals surface area (Å²) in [5.41, 5.74) is 0.172. The summed E-state index contributed by atoms with van der Waals surface area (Å²) < 4.78 is 41.4. The Bertz CT molecular complexity index is 939. The number of carbonyl (C=O) groups is 1. The SMILES string of the molecule is CC12CC[C@@](C)(O)C[C@@H]1CC[C@@H]1[C@@H]2CC[C@]2(C)[C@@H](C(=O)c3ccc(OC(F)(F)F)cc3)CC[C@@H]12. The van der Waals surface area contributed by atoms with Gasteiger partial charge in [0.25, 0.3) is 0 Å². The lowest BCUT2D eigenvalue weighted by atomic mass is 9.44. The molecule has 0 heterocycles. The van der Waals surface area contributed by atoms with Crippen LogP contribution in [0, 0.1) is 40.4 Å². The molecule has 1 aromatic carbocycles. The first-order valence-corrected chi connectivity index (χ1v) is 12.9. The van der Waals surface area contributed by atoms with Crippen LogP contribution >= 0.6 is 0 Å². The number of hydrogen-bond donors (Lipinski definition) is 1. The van der Waals surface area contributed by atoms with Crippen LogP contribution in [-0.4, -0.2) is 22.9 Å². The second-order valence-corrected chi connectivity index (χ2v) is 12.5. The zero-order valence-electron chi connectivity index (χ0n) is 20.5. The summed E-state index contributed by atoms with van der Waals surface area (Å²) in [7, 11) is 0. The van der Waals surface area contributed by atoms with Crippen molar-refractivity contribution < 1.29 is 27.8 Å².